The second kappa shape index (κ2) is 9.41. The fourth-order valence-electron chi connectivity index (χ4n) is 3.24. The van der Waals surface area contributed by atoms with Gasteiger partial charge in [0.05, 0.1) is 5.56 Å². The van der Waals surface area contributed by atoms with Crippen LogP contribution in [0.25, 0.3) is 0 Å². The normalized spacial score (nSPS) is 13.6. The Morgan fingerprint density at radius 3 is 2.46 bits per heavy atom. The third-order valence-electron chi connectivity index (χ3n) is 4.56. The van der Waals surface area contributed by atoms with Crippen molar-refractivity contribution < 1.29 is 0 Å². The second-order valence-electron chi connectivity index (χ2n) is 6.22. The van der Waals surface area contributed by atoms with Crippen LogP contribution in [-0.4, -0.2) is 31.1 Å². The third-order valence-corrected chi connectivity index (χ3v) is 6.10. The molecule has 6 heteroatoms. The first-order valence-corrected chi connectivity index (χ1v) is 10.7. The summed E-state index contributed by atoms with van der Waals surface area (Å²) in [7, 11) is 0. The summed E-state index contributed by atoms with van der Waals surface area (Å²) in [5.74, 6) is 1.14. The van der Waals surface area contributed by atoms with Gasteiger partial charge in [0.2, 0.25) is 0 Å². The molecule has 1 aliphatic rings. The molecule has 136 valence electrons. The van der Waals surface area contributed by atoms with Crippen molar-refractivity contribution in [3.05, 3.63) is 45.8 Å². The number of nitriles is 1. The molecule has 0 fully saturated rings. The summed E-state index contributed by atoms with van der Waals surface area (Å²) in [4.78, 5) is 8.12. The Bertz CT molecular complexity index is 800. The highest BCUT2D eigenvalue weighted by Crippen LogP contribution is 2.39. The molecule has 0 radical (unpaired) electrons. The molecule has 1 aromatic carbocycles. The van der Waals surface area contributed by atoms with Crippen molar-refractivity contribution in [1.82, 2.24) is 0 Å². The van der Waals surface area contributed by atoms with Gasteiger partial charge < -0.3 is 4.90 Å². The maximum atomic E-state index is 9.51. The third kappa shape index (κ3) is 4.40. The smallest absolute Gasteiger partial charge is 0.134 e. The molecular weight excluding hydrogens is 385 g/mol. The van der Waals surface area contributed by atoms with E-state index in [2.05, 4.69) is 28.1 Å². The molecule has 1 heterocycles. The molecule has 2 aromatic rings. The van der Waals surface area contributed by atoms with Crippen molar-refractivity contribution in [1.29, 1.82) is 5.26 Å². The van der Waals surface area contributed by atoms with E-state index in [1.807, 2.05) is 18.3 Å². The maximum Gasteiger partial charge on any atom is 0.134 e. The van der Waals surface area contributed by atoms with E-state index in [1.54, 1.807) is 11.3 Å². The van der Waals surface area contributed by atoms with Gasteiger partial charge in [-0.15, -0.1) is 34.5 Å². The molecule has 0 N–H and O–H groups in total. The number of benzene rings is 1. The topological polar surface area (TPSA) is 39.4 Å². The lowest BCUT2D eigenvalue weighted by Crippen LogP contribution is -2.27. The Morgan fingerprint density at radius 1 is 1.12 bits per heavy atom. The quantitative estimate of drug-likeness (QED) is 0.448. The van der Waals surface area contributed by atoms with Gasteiger partial charge in [0.15, 0.2) is 0 Å². The van der Waals surface area contributed by atoms with Crippen LogP contribution >= 0.6 is 34.5 Å². The lowest BCUT2D eigenvalue weighted by Gasteiger charge is -2.22. The molecule has 0 saturated carbocycles. The van der Waals surface area contributed by atoms with Gasteiger partial charge in [0.1, 0.15) is 11.1 Å². The van der Waals surface area contributed by atoms with Gasteiger partial charge in [-0.05, 0) is 48.9 Å². The summed E-state index contributed by atoms with van der Waals surface area (Å²) in [5, 5.41) is 10.4. The monoisotopic (exact) mass is 405 g/mol. The average Bonchev–Trinajstić information content (AvgIpc) is 3.04. The molecule has 1 aliphatic carbocycles. The molecule has 3 rings (SSSR count). The summed E-state index contributed by atoms with van der Waals surface area (Å²) in [6.07, 6.45) is 6.31. The van der Waals surface area contributed by atoms with Crippen molar-refractivity contribution in [2.75, 3.05) is 29.7 Å². The van der Waals surface area contributed by atoms with E-state index in [-0.39, 0.29) is 0 Å². The standard InChI is InChI=1S/C20H21Cl2N3S/c21-9-11-25(12-10-22)16-7-5-15(6-8-16)14-24-20-18(13-23)17-3-1-2-4-19(17)26-20/h5-8,14H,1-4,9-12H2/b24-14+. The summed E-state index contributed by atoms with van der Waals surface area (Å²) in [6, 6.07) is 10.5. The Balaban J connectivity index is 1.77. The number of halogens is 2. The van der Waals surface area contributed by atoms with Crippen LogP contribution in [0.1, 0.15) is 34.4 Å². The fourth-order valence-corrected chi connectivity index (χ4v) is 4.83. The number of hydrogen-bond donors (Lipinski definition) is 0. The van der Waals surface area contributed by atoms with Gasteiger partial charge in [-0.3, -0.25) is 0 Å². The molecule has 0 amide bonds. The minimum atomic E-state index is 0.570. The molecule has 0 spiro atoms. The molecule has 3 nitrogen and oxygen atoms in total. The number of alkyl halides is 2. The van der Waals surface area contributed by atoms with Crippen LogP contribution in [0, 0.1) is 11.3 Å². The zero-order valence-electron chi connectivity index (χ0n) is 14.5. The van der Waals surface area contributed by atoms with Crippen molar-refractivity contribution in [3.63, 3.8) is 0 Å². The number of fused-ring (bicyclic) bond motifs is 1. The number of rotatable bonds is 7. The van der Waals surface area contributed by atoms with Gasteiger partial charge in [0, 0.05) is 41.6 Å². The van der Waals surface area contributed by atoms with Crippen LogP contribution in [0.15, 0.2) is 29.3 Å². The van der Waals surface area contributed by atoms with Crippen LogP contribution in [0.3, 0.4) is 0 Å². The molecule has 0 saturated heterocycles. The Morgan fingerprint density at radius 2 is 1.81 bits per heavy atom. The lowest BCUT2D eigenvalue weighted by molar-refractivity contribution is 0.696. The number of nitrogens with zero attached hydrogens (tertiary/aromatic N) is 3. The lowest BCUT2D eigenvalue weighted by atomic mass is 9.96. The van der Waals surface area contributed by atoms with Crippen molar-refractivity contribution >= 4 is 51.4 Å². The van der Waals surface area contributed by atoms with Gasteiger partial charge >= 0.3 is 0 Å². The predicted octanol–water partition coefficient (Wildman–Crippen LogP) is 5.53. The molecule has 0 unspecified atom stereocenters. The molecule has 0 bridgehead atoms. The van der Waals surface area contributed by atoms with Crippen LogP contribution in [0.4, 0.5) is 10.7 Å². The molecule has 0 aliphatic heterocycles. The van der Waals surface area contributed by atoms with E-state index in [0.29, 0.717) is 11.8 Å². The van der Waals surface area contributed by atoms with E-state index >= 15 is 0 Å². The van der Waals surface area contributed by atoms with Gasteiger partial charge in [-0.25, -0.2) is 4.99 Å². The second-order valence-corrected chi connectivity index (χ2v) is 8.06. The van der Waals surface area contributed by atoms with Crippen molar-refractivity contribution in [2.24, 2.45) is 4.99 Å². The maximum absolute atomic E-state index is 9.51. The Kier molecular flexibility index (Phi) is 6.96. The van der Waals surface area contributed by atoms with Crippen LogP contribution < -0.4 is 4.90 Å². The van der Waals surface area contributed by atoms with Crippen molar-refractivity contribution in [3.8, 4) is 6.07 Å². The SMILES string of the molecule is N#Cc1c(/N=C/c2ccc(N(CCCl)CCCl)cc2)sc2c1CCCC2. The highest BCUT2D eigenvalue weighted by Gasteiger charge is 2.20. The van der Waals surface area contributed by atoms with Gasteiger partial charge in [-0.2, -0.15) is 5.26 Å². The molecule has 0 atom stereocenters. The minimum absolute atomic E-state index is 0.570. The number of thiophene rings is 1. The first kappa shape index (κ1) is 19.2. The van der Waals surface area contributed by atoms with Crippen LogP contribution in [0.2, 0.25) is 0 Å². The first-order chi connectivity index (χ1) is 12.8. The Hall–Kier alpha value is -1.54. The van der Waals surface area contributed by atoms with Crippen LogP contribution in [0.5, 0.6) is 0 Å². The number of anilines is 1. The van der Waals surface area contributed by atoms with E-state index in [1.165, 1.54) is 23.3 Å². The highest BCUT2D eigenvalue weighted by atomic mass is 35.5. The predicted molar refractivity (Wildman–Crippen MR) is 113 cm³/mol. The van der Waals surface area contributed by atoms with E-state index in [0.717, 1.165) is 47.7 Å². The molecular formula is C20H21Cl2N3S. The van der Waals surface area contributed by atoms with Gasteiger partial charge in [-0.1, -0.05) is 12.1 Å². The number of aryl methyl sites for hydroxylation is 1. The number of hydrogen-bond acceptors (Lipinski definition) is 4. The van der Waals surface area contributed by atoms with Crippen molar-refractivity contribution in [2.45, 2.75) is 25.7 Å². The zero-order chi connectivity index (χ0) is 18.4. The van der Waals surface area contributed by atoms with E-state index in [9.17, 15) is 5.26 Å². The Labute approximate surface area is 168 Å². The highest BCUT2D eigenvalue weighted by molar-refractivity contribution is 7.16. The molecule has 1 aromatic heterocycles. The summed E-state index contributed by atoms with van der Waals surface area (Å²) >= 11 is 13.4. The first-order valence-electron chi connectivity index (χ1n) is 8.82. The average molecular weight is 406 g/mol. The van der Waals surface area contributed by atoms with Crippen LogP contribution in [-0.2, 0) is 12.8 Å². The fraction of sp³-hybridized carbons (Fsp3) is 0.400. The summed E-state index contributed by atoms with van der Waals surface area (Å²) in [5.41, 5.74) is 4.12. The van der Waals surface area contributed by atoms with E-state index in [4.69, 9.17) is 23.2 Å². The largest absolute Gasteiger partial charge is 0.369 e. The number of aliphatic imine (C=N–C) groups is 1. The summed E-state index contributed by atoms with van der Waals surface area (Å²) < 4.78 is 0. The molecule has 26 heavy (non-hydrogen) atoms. The van der Waals surface area contributed by atoms with Gasteiger partial charge in [0.25, 0.3) is 0 Å². The summed E-state index contributed by atoms with van der Waals surface area (Å²) in [6.45, 7) is 1.54. The zero-order valence-corrected chi connectivity index (χ0v) is 16.9. The minimum Gasteiger partial charge on any atom is -0.369 e. The van der Waals surface area contributed by atoms with E-state index < -0.39 is 0 Å².